The van der Waals surface area contributed by atoms with Crippen LogP contribution < -0.4 is 39.9 Å². The summed E-state index contributed by atoms with van der Waals surface area (Å²) in [5.74, 6) is -0.654. The number of carbonyl (C=O) groups is 2. The maximum atomic E-state index is 16.1. The van der Waals surface area contributed by atoms with Gasteiger partial charge in [-0.2, -0.15) is 4.98 Å². The van der Waals surface area contributed by atoms with E-state index in [2.05, 4.69) is 19.9 Å². The van der Waals surface area contributed by atoms with Crippen LogP contribution in [0.1, 0.15) is 52.9 Å². The van der Waals surface area contributed by atoms with Gasteiger partial charge in [0.25, 0.3) is 11.9 Å². The number of methoxy groups -OCH3 is 4. The number of aromatic nitrogens is 3. The summed E-state index contributed by atoms with van der Waals surface area (Å²) < 4.78 is 40.1. The molecule has 0 radical (unpaired) electrons. The molecule has 4 heterocycles. The van der Waals surface area contributed by atoms with Crippen molar-refractivity contribution in [2.24, 2.45) is 4.99 Å². The average Bonchev–Trinajstić information content (AvgIpc) is 4.05. The number of nitrogens with two attached hydrogens (primary N) is 1. The zero-order chi connectivity index (χ0) is 42.6. The van der Waals surface area contributed by atoms with E-state index < -0.39 is 22.8 Å². The van der Waals surface area contributed by atoms with Crippen LogP contribution >= 0.6 is 11.6 Å². The molecule has 1 atom stereocenters. The van der Waals surface area contributed by atoms with Crippen molar-refractivity contribution in [3.05, 3.63) is 92.1 Å². The fourth-order valence-corrected chi connectivity index (χ4v) is 8.18. The number of carboxylic acid groups (broad SMARTS) is 1. The zero-order valence-corrected chi connectivity index (χ0v) is 34.2. The number of fused-ring (bicyclic) bond motifs is 2. The summed E-state index contributed by atoms with van der Waals surface area (Å²) in [6.45, 7) is 3.31. The third-order valence-corrected chi connectivity index (χ3v) is 11.4. The van der Waals surface area contributed by atoms with Crippen LogP contribution in [0.4, 0.5) is 27.5 Å². The molecule has 16 nitrogen and oxygen atoms in total. The molecule has 3 N–H and O–H groups in total. The van der Waals surface area contributed by atoms with E-state index in [1.54, 1.807) is 33.9 Å². The highest BCUT2D eigenvalue weighted by Gasteiger charge is 2.38. The van der Waals surface area contributed by atoms with Gasteiger partial charge in [-0.3, -0.25) is 19.4 Å². The summed E-state index contributed by atoms with van der Waals surface area (Å²) in [5, 5.41) is 10.1. The quantitative estimate of drug-likeness (QED) is 0.161. The Bertz CT molecular complexity index is 2640. The molecular formula is C42H42ClFN8O8. The third kappa shape index (κ3) is 7.17. The molecule has 2 fully saturated rings. The third-order valence-electron chi connectivity index (χ3n) is 11.1. The van der Waals surface area contributed by atoms with Crippen LogP contribution in [0, 0.1) is 5.82 Å². The van der Waals surface area contributed by atoms with Crippen molar-refractivity contribution in [3.63, 3.8) is 0 Å². The van der Waals surface area contributed by atoms with Gasteiger partial charge in [0.15, 0.2) is 23.1 Å². The first-order valence-electron chi connectivity index (χ1n) is 19.1. The second-order valence-corrected chi connectivity index (χ2v) is 15.3. The molecule has 312 valence electrons. The summed E-state index contributed by atoms with van der Waals surface area (Å²) in [5.41, 5.74) is 8.43. The van der Waals surface area contributed by atoms with Gasteiger partial charge in [-0.1, -0.05) is 11.6 Å². The largest absolute Gasteiger partial charge is 0.493 e. The van der Waals surface area contributed by atoms with Crippen LogP contribution in [0.2, 0.25) is 5.02 Å². The van der Waals surface area contributed by atoms with Gasteiger partial charge in [0, 0.05) is 66.7 Å². The first-order chi connectivity index (χ1) is 28.8. The maximum Gasteiger partial charge on any atom is 0.341 e. The number of piperazine rings is 1. The normalized spacial score (nSPS) is 17.4. The van der Waals surface area contributed by atoms with Crippen LogP contribution in [-0.2, 0) is 11.2 Å². The Morgan fingerprint density at radius 1 is 1.02 bits per heavy atom. The second kappa shape index (κ2) is 16.0. The van der Waals surface area contributed by atoms with Gasteiger partial charge >= 0.3 is 5.97 Å². The summed E-state index contributed by atoms with van der Waals surface area (Å²) >= 11 is 6.43. The summed E-state index contributed by atoms with van der Waals surface area (Å²) in [6, 6.07) is 9.66. The molecule has 5 aromatic rings. The zero-order valence-electron chi connectivity index (χ0n) is 33.5. The van der Waals surface area contributed by atoms with E-state index in [9.17, 15) is 19.5 Å². The molecule has 1 saturated heterocycles. The van der Waals surface area contributed by atoms with Gasteiger partial charge < -0.3 is 39.3 Å². The Balaban J connectivity index is 1.04. The molecule has 3 aliphatic rings. The predicted molar refractivity (Wildman–Crippen MR) is 224 cm³/mol. The minimum atomic E-state index is -1.37. The number of halogens is 2. The summed E-state index contributed by atoms with van der Waals surface area (Å²) in [7, 11) is 6.02. The van der Waals surface area contributed by atoms with Crippen molar-refractivity contribution in [2.75, 3.05) is 70.3 Å². The SMILES string of the molecule is COc1cc(Cc2cnc(/N=C3/C(=O)N(CN4CCN(c5c(F)cc6c(=O)c(C(=O)O)cn(C7CC7)c6c5OC)CC4C)c4ccc(Cl)cc43)nc2N)cc(OC)c1OC. The lowest BCUT2D eigenvalue weighted by atomic mass is 10.1. The first-order valence-corrected chi connectivity index (χ1v) is 19.5. The molecule has 2 aromatic heterocycles. The predicted octanol–water partition coefficient (Wildman–Crippen LogP) is 5.46. The van der Waals surface area contributed by atoms with E-state index in [-0.39, 0.29) is 59.0 Å². The number of carboxylic acids is 1. The van der Waals surface area contributed by atoms with Crippen molar-refractivity contribution >= 4 is 63.2 Å². The van der Waals surface area contributed by atoms with Gasteiger partial charge in [-0.15, -0.1) is 0 Å². The number of rotatable bonds is 12. The topological polar surface area (TPSA) is 187 Å². The van der Waals surface area contributed by atoms with Crippen molar-refractivity contribution in [1.29, 1.82) is 0 Å². The Kier molecular flexibility index (Phi) is 10.7. The number of anilines is 3. The number of benzene rings is 3. The molecule has 2 aliphatic heterocycles. The summed E-state index contributed by atoms with van der Waals surface area (Å²) in [4.78, 5) is 58.4. The number of pyridine rings is 1. The number of nitrogen functional groups attached to an aromatic ring is 1. The molecule has 18 heteroatoms. The number of carbonyl (C=O) groups excluding carboxylic acids is 1. The van der Waals surface area contributed by atoms with Crippen molar-refractivity contribution in [1.82, 2.24) is 19.4 Å². The van der Waals surface area contributed by atoms with Crippen molar-refractivity contribution in [3.8, 4) is 23.0 Å². The smallest absolute Gasteiger partial charge is 0.341 e. The number of aliphatic imine (C=N–C) groups is 1. The molecule has 1 saturated carbocycles. The number of ether oxygens (including phenoxy) is 4. The standard InChI is InChI=1S/C42H42ClFN8O8/c1-21-18-49(35-29(44)16-27-34(38(35)60-5)51(25-7-8-25)19-28(36(27)53)41(55)56)10-11-50(21)20-52-30-9-6-24(43)15-26(30)33(40(52)54)47-42-46-17-23(39(45)48-42)12-22-13-31(57-2)37(59-4)32(14-22)58-3/h6,9,13-17,19,21,25H,7-8,10-12,18,20H2,1-5H3,(H,55,56)(H2,45,46,48)/b47-33+. The van der Waals surface area contributed by atoms with Crippen LogP contribution in [-0.4, -0.2) is 103 Å². The van der Waals surface area contributed by atoms with Gasteiger partial charge in [-0.05, 0) is 61.7 Å². The molecule has 1 aliphatic carbocycles. The van der Waals surface area contributed by atoms with Crippen LogP contribution in [0.3, 0.4) is 0 Å². The first kappa shape index (κ1) is 40.3. The van der Waals surface area contributed by atoms with Crippen molar-refractivity contribution < 1.29 is 38.0 Å². The molecular weight excluding hydrogens is 799 g/mol. The summed E-state index contributed by atoms with van der Waals surface area (Å²) in [6.07, 6.45) is 4.84. The molecule has 3 aromatic carbocycles. The Labute approximate surface area is 348 Å². The lowest BCUT2D eigenvalue weighted by molar-refractivity contribution is -0.112. The Morgan fingerprint density at radius 2 is 1.73 bits per heavy atom. The maximum absolute atomic E-state index is 16.1. The molecule has 1 unspecified atom stereocenters. The average molecular weight is 841 g/mol. The molecule has 60 heavy (non-hydrogen) atoms. The van der Waals surface area contributed by atoms with E-state index >= 15 is 4.39 Å². The number of nitrogens with zero attached hydrogens (tertiary/aromatic N) is 7. The Morgan fingerprint density at radius 3 is 2.35 bits per heavy atom. The van der Waals surface area contributed by atoms with Crippen LogP contribution in [0.15, 0.2) is 58.6 Å². The lowest BCUT2D eigenvalue weighted by Crippen LogP contribution is -2.55. The number of hydrogen-bond donors (Lipinski definition) is 2. The fourth-order valence-electron chi connectivity index (χ4n) is 8.01. The number of amides is 1. The van der Waals surface area contributed by atoms with Gasteiger partial charge in [0.2, 0.25) is 11.2 Å². The van der Waals surface area contributed by atoms with Crippen LogP contribution in [0.25, 0.3) is 10.9 Å². The van der Waals surface area contributed by atoms with Gasteiger partial charge in [0.05, 0.1) is 51.7 Å². The highest BCUT2D eigenvalue weighted by atomic mass is 35.5. The Hall–Kier alpha value is -6.46. The molecule has 0 bridgehead atoms. The second-order valence-electron chi connectivity index (χ2n) is 14.8. The highest BCUT2D eigenvalue weighted by molar-refractivity contribution is 6.55. The minimum absolute atomic E-state index is 0.00287. The van der Waals surface area contributed by atoms with Crippen LogP contribution in [0.5, 0.6) is 23.0 Å². The van der Waals surface area contributed by atoms with E-state index in [4.69, 9.17) is 36.3 Å². The fraction of sp³-hybridized carbons (Fsp3) is 0.333. The minimum Gasteiger partial charge on any atom is -0.493 e. The van der Waals surface area contributed by atoms with Gasteiger partial charge in [-0.25, -0.2) is 19.2 Å². The monoisotopic (exact) mass is 840 g/mol. The molecule has 1 amide bonds. The van der Waals surface area contributed by atoms with Crippen molar-refractivity contribution in [2.45, 2.75) is 38.3 Å². The van der Waals surface area contributed by atoms with Gasteiger partial charge in [0.1, 0.15) is 22.8 Å². The lowest BCUT2D eigenvalue weighted by Gasteiger charge is -2.42. The van der Waals surface area contributed by atoms with E-state index in [1.807, 2.05) is 24.0 Å². The molecule has 0 spiro atoms. The highest BCUT2D eigenvalue weighted by Crippen LogP contribution is 2.44. The van der Waals surface area contributed by atoms with E-state index in [1.165, 1.54) is 34.6 Å². The number of hydrogen-bond acceptors (Lipinski definition) is 13. The molecule has 8 rings (SSSR count). The van der Waals surface area contributed by atoms with E-state index in [0.717, 1.165) is 24.5 Å². The van der Waals surface area contributed by atoms with E-state index in [0.29, 0.717) is 70.7 Å². The number of aromatic carboxylic acids is 1.